The molecule has 1 heterocycles. The number of methoxy groups -OCH3 is 1. The van der Waals surface area contributed by atoms with Crippen molar-refractivity contribution in [2.24, 2.45) is 5.92 Å². The van der Waals surface area contributed by atoms with Gasteiger partial charge in [-0.15, -0.1) is 0 Å². The van der Waals surface area contributed by atoms with Crippen molar-refractivity contribution >= 4 is 5.78 Å². The fourth-order valence-electron chi connectivity index (χ4n) is 2.70. The van der Waals surface area contributed by atoms with Crippen LogP contribution in [0.5, 0.6) is 28.7 Å². The van der Waals surface area contributed by atoms with Crippen molar-refractivity contribution < 1.29 is 29.6 Å². The van der Waals surface area contributed by atoms with Crippen LogP contribution in [-0.2, 0) is 6.42 Å². The normalized spacial score (nSPS) is 16.6. The minimum absolute atomic E-state index is 0.0321. The van der Waals surface area contributed by atoms with Gasteiger partial charge in [-0.25, -0.2) is 0 Å². The lowest BCUT2D eigenvalue weighted by molar-refractivity contribution is 0.0825. The number of phenolic OH excluding ortho intramolecular Hbond substituents is 3. The molecule has 0 fully saturated rings. The maximum Gasteiger partial charge on any atom is 0.177 e. The smallest absolute Gasteiger partial charge is 0.177 e. The van der Waals surface area contributed by atoms with E-state index < -0.39 is 5.92 Å². The summed E-state index contributed by atoms with van der Waals surface area (Å²) < 4.78 is 10.7. The molecule has 0 bridgehead atoms. The van der Waals surface area contributed by atoms with E-state index in [0.717, 1.165) is 0 Å². The lowest BCUT2D eigenvalue weighted by atomic mass is 9.89. The zero-order valence-electron chi connectivity index (χ0n) is 12.4. The standard InChI is InChI=1S/C17H16O6/c1-22-14-6-11(18)7-15-16(14)17(21)10(8-23-15)4-9-2-3-12(19)13(20)5-9/h2-3,5-7,10,18-20H,4,8H2,1H3/t10-/m1/s1. The summed E-state index contributed by atoms with van der Waals surface area (Å²) in [7, 11) is 1.42. The van der Waals surface area contributed by atoms with Gasteiger partial charge in [-0.2, -0.15) is 0 Å². The van der Waals surface area contributed by atoms with E-state index in [1.54, 1.807) is 6.07 Å². The molecular weight excluding hydrogens is 300 g/mol. The van der Waals surface area contributed by atoms with Crippen molar-refractivity contribution in [3.63, 3.8) is 0 Å². The Morgan fingerprint density at radius 2 is 1.96 bits per heavy atom. The van der Waals surface area contributed by atoms with Crippen LogP contribution >= 0.6 is 0 Å². The molecule has 1 atom stereocenters. The van der Waals surface area contributed by atoms with E-state index in [1.807, 2.05) is 0 Å². The summed E-state index contributed by atoms with van der Waals surface area (Å²) in [4.78, 5) is 12.7. The lowest BCUT2D eigenvalue weighted by Crippen LogP contribution is -2.30. The van der Waals surface area contributed by atoms with Crippen LogP contribution < -0.4 is 9.47 Å². The maximum absolute atomic E-state index is 12.7. The number of phenols is 3. The summed E-state index contributed by atoms with van der Waals surface area (Å²) in [5, 5.41) is 28.5. The molecule has 23 heavy (non-hydrogen) atoms. The number of benzene rings is 2. The van der Waals surface area contributed by atoms with Crippen molar-refractivity contribution in [2.45, 2.75) is 6.42 Å². The number of aromatic hydroxyl groups is 3. The third-order valence-corrected chi connectivity index (χ3v) is 3.85. The number of carbonyl (C=O) groups is 1. The van der Waals surface area contributed by atoms with Gasteiger partial charge in [0.05, 0.1) is 19.6 Å². The number of hydrogen-bond donors (Lipinski definition) is 3. The molecule has 0 spiro atoms. The van der Waals surface area contributed by atoms with Gasteiger partial charge in [-0.05, 0) is 24.1 Å². The van der Waals surface area contributed by atoms with Gasteiger partial charge < -0.3 is 24.8 Å². The lowest BCUT2D eigenvalue weighted by Gasteiger charge is -2.25. The Morgan fingerprint density at radius 3 is 2.65 bits per heavy atom. The first kappa shape index (κ1) is 15.0. The van der Waals surface area contributed by atoms with E-state index in [9.17, 15) is 20.1 Å². The summed E-state index contributed by atoms with van der Waals surface area (Å²) >= 11 is 0. The first-order valence-corrected chi connectivity index (χ1v) is 7.08. The summed E-state index contributed by atoms with van der Waals surface area (Å²) in [5.74, 6) is -0.479. The summed E-state index contributed by atoms with van der Waals surface area (Å²) in [6, 6.07) is 7.21. The molecule has 120 valence electrons. The van der Waals surface area contributed by atoms with E-state index in [2.05, 4.69) is 0 Å². The minimum atomic E-state index is -0.440. The van der Waals surface area contributed by atoms with E-state index in [0.29, 0.717) is 23.3 Å². The van der Waals surface area contributed by atoms with Crippen molar-refractivity contribution in [2.75, 3.05) is 13.7 Å². The van der Waals surface area contributed by atoms with Crippen LogP contribution in [0.25, 0.3) is 0 Å². The van der Waals surface area contributed by atoms with Gasteiger partial charge in [0, 0.05) is 12.1 Å². The van der Waals surface area contributed by atoms with Crippen molar-refractivity contribution in [3.05, 3.63) is 41.5 Å². The summed E-state index contributed by atoms with van der Waals surface area (Å²) in [6.07, 6.45) is 0.357. The second-order valence-corrected chi connectivity index (χ2v) is 5.42. The minimum Gasteiger partial charge on any atom is -0.508 e. The second-order valence-electron chi connectivity index (χ2n) is 5.42. The SMILES string of the molecule is COc1cc(O)cc2c1C(=O)[C@H](Cc1ccc(O)c(O)c1)CO2. The zero-order valence-corrected chi connectivity index (χ0v) is 12.4. The van der Waals surface area contributed by atoms with Gasteiger partial charge in [-0.3, -0.25) is 4.79 Å². The van der Waals surface area contributed by atoms with Crippen molar-refractivity contribution in [3.8, 4) is 28.7 Å². The van der Waals surface area contributed by atoms with Crippen molar-refractivity contribution in [1.82, 2.24) is 0 Å². The van der Waals surface area contributed by atoms with Crippen LogP contribution in [0.1, 0.15) is 15.9 Å². The van der Waals surface area contributed by atoms with Crippen molar-refractivity contribution in [1.29, 1.82) is 0 Å². The van der Waals surface area contributed by atoms with Crippen LogP contribution in [0.15, 0.2) is 30.3 Å². The molecule has 1 aliphatic rings. The molecule has 6 heteroatoms. The average molecular weight is 316 g/mol. The van der Waals surface area contributed by atoms with E-state index in [4.69, 9.17) is 9.47 Å². The number of ether oxygens (including phenoxy) is 2. The maximum atomic E-state index is 12.7. The topological polar surface area (TPSA) is 96.2 Å². The Labute approximate surface area is 132 Å². The third kappa shape index (κ3) is 2.75. The van der Waals surface area contributed by atoms with Crippen LogP contribution in [0, 0.1) is 5.92 Å². The fraction of sp³-hybridized carbons (Fsp3) is 0.235. The second kappa shape index (κ2) is 5.72. The zero-order chi connectivity index (χ0) is 16.6. The molecule has 0 radical (unpaired) electrons. The first-order valence-electron chi connectivity index (χ1n) is 7.08. The number of hydrogen-bond acceptors (Lipinski definition) is 6. The molecule has 1 aliphatic heterocycles. The Balaban J connectivity index is 1.90. The highest BCUT2D eigenvalue weighted by atomic mass is 16.5. The molecule has 0 aliphatic carbocycles. The molecule has 6 nitrogen and oxygen atoms in total. The summed E-state index contributed by atoms with van der Waals surface area (Å²) in [5.41, 5.74) is 1.02. The third-order valence-electron chi connectivity index (χ3n) is 3.85. The van der Waals surface area contributed by atoms with Crippen LogP contribution in [0.3, 0.4) is 0 Å². The molecule has 0 amide bonds. The molecule has 0 saturated heterocycles. The molecule has 2 aromatic carbocycles. The fourth-order valence-corrected chi connectivity index (χ4v) is 2.70. The van der Waals surface area contributed by atoms with Crippen LogP contribution in [0.2, 0.25) is 0 Å². The molecular formula is C17H16O6. The van der Waals surface area contributed by atoms with Gasteiger partial charge in [0.25, 0.3) is 0 Å². The van der Waals surface area contributed by atoms with Gasteiger partial charge in [0.1, 0.15) is 22.8 Å². The van der Waals surface area contributed by atoms with Crippen LogP contribution in [-0.4, -0.2) is 34.8 Å². The van der Waals surface area contributed by atoms with E-state index in [1.165, 1.54) is 31.4 Å². The Bertz CT molecular complexity index is 751. The first-order chi connectivity index (χ1) is 11.0. The quantitative estimate of drug-likeness (QED) is 0.752. The Morgan fingerprint density at radius 1 is 1.17 bits per heavy atom. The van der Waals surface area contributed by atoms with Gasteiger partial charge in [0.15, 0.2) is 17.3 Å². The predicted molar refractivity (Wildman–Crippen MR) is 81.4 cm³/mol. The molecule has 0 saturated carbocycles. The number of ketones is 1. The molecule has 3 N–H and O–H groups in total. The Kier molecular flexibility index (Phi) is 3.73. The number of rotatable bonds is 3. The number of fused-ring (bicyclic) bond motifs is 1. The van der Waals surface area contributed by atoms with Crippen LogP contribution in [0.4, 0.5) is 0 Å². The van der Waals surface area contributed by atoms with E-state index in [-0.39, 0.29) is 35.4 Å². The van der Waals surface area contributed by atoms with Gasteiger partial charge in [-0.1, -0.05) is 6.07 Å². The highest BCUT2D eigenvalue weighted by Gasteiger charge is 2.32. The van der Waals surface area contributed by atoms with Gasteiger partial charge in [0.2, 0.25) is 0 Å². The van der Waals surface area contributed by atoms with E-state index >= 15 is 0 Å². The molecule has 2 aromatic rings. The average Bonchev–Trinajstić information content (AvgIpc) is 2.52. The largest absolute Gasteiger partial charge is 0.508 e. The molecule has 3 rings (SSSR count). The molecule has 0 unspecified atom stereocenters. The predicted octanol–water partition coefficient (Wildman–Crippen LogP) is 2.25. The Hall–Kier alpha value is -2.89. The number of Topliss-reactive ketones (excluding diaryl/α,β-unsaturated/α-hetero) is 1. The number of carbonyl (C=O) groups excluding carboxylic acids is 1. The monoisotopic (exact) mass is 316 g/mol. The highest BCUT2D eigenvalue weighted by Crippen LogP contribution is 2.39. The van der Waals surface area contributed by atoms with Gasteiger partial charge >= 0.3 is 0 Å². The highest BCUT2D eigenvalue weighted by molar-refractivity contribution is 6.04. The molecule has 0 aromatic heterocycles. The summed E-state index contributed by atoms with van der Waals surface area (Å²) in [6.45, 7) is 0.167.